The minimum atomic E-state index is -0.0784. The van der Waals surface area contributed by atoms with E-state index in [-0.39, 0.29) is 11.7 Å². The molecular weight excluding hydrogens is 458 g/mol. The molecule has 0 fully saturated rings. The number of rotatable bonds is 7. The van der Waals surface area contributed by atoms with Crippen LogP contribution in [0.1, 0.15) is 28.7 Å². The van der Waals surface area contributed by atoms with Crippen LogP contribution in [0, 0.1) is 13.8 Å². The third-order valence-corrected chi connectivity index (χ3v) is 6.82. The molecule has 3 aromatic carbocycles. The van der Waals surface area contributed by atoms with Crippen LogP contribution in [0.15, 0.2) is 70.6 Å². The first-order valence-electron chi connectivity index (χ1n) is 11.4. The predicted molar refractivity (Wildman–Crippen MR) is 144 cm³/mol. The van der Waals surface area contributed by atoms with Crippen molar-refractivity contribution in [3.63, 3.8) is 0 Å². The van der Waals surface area contributed by atoms with E-state index in [2.05, 4.69) is 43.4 Å². The van der Waals surface area contributed by atoms with Crippen LogP contribution < -0.4 is 14.8 Å². The van der Waals surface area contributed by atoms with E-state index < -0.39 is 0 Å². The Hall–Kier alpha value is -3.58. The van der Waals surface area contributed by atoms with E-state index in [0.29, 0.717) is 24.5 Å². The molecule has 6 nitrogen and oxygen atoms in total. The van der Waals surface area contributed by atoms with Gasteiger partial charge < -0.3 is 14.8 Å². The van der Waals surface area contributed by atoms with Crippen LogP contribution in [0.4, 0.5) is 11.4 Å². The molecule has 1 aliphatic heterocycles. The van der Waals surface area contributed by atoms with Gasteiger partial charge in [-0.25, -0.2) is 4.99 Å². The lowest BCUT2D eigenvalue weighted by Crippen LogP contribution is -2.25. The van der Waals surface area contributed by atoms with Crippen molar-refractivity contribution in [3.05, 3.63) is 82.9 Å². The molecule has 0 aromatic heterocycles. The molecule has 0 radical (unpaired) electrons. The van der Waals surface area contributed by atoms with Crippen molar-refractivity contribution < 1.29 is 14.3 Å². The van der Waals surface area contributed by atoms with Crippen LogP contribution in [0.25, 0.3) is 0 Å². The number of carbonyl (C=O) groups excluding carboxylic acids is 1. The van der Waals surface area contributed by atoms with Crippen molar-refractivity contribution in [1.82, 2.24) is 5.32 Å². The lowest BCUT2D eigenvalue weighted by Gasteiger charge is -2.13. The van der Waals surface area contributed by atoms with Crippen LogP contribution in [0.5, 0.6) is 11.5 Å². The Morgan fingerprint density at radius 2 is 1.66 bits per heavy atom. The van der Waals surface area contributed by atoms with E-state index in [1.807, 2.05) is 36.4 Å². The molecule has 0 unspecified atom stereocenters. The largest absolute Gasteiger partial charge is 0.493 e. The number of methoxy groups -OCH3 is 2. The van der Waals surface area contributed by atoms with Crippen molar-refractivity contribution in [1.29, 1.82) is 0 Å². The van der Waals surface area contributed by atoms with Gasteiger partial charge in [0.25, 0.3) is 0 Å². The van der Waals surface area contributed by atoms with Crippen LogP contribution in [0.2, 0.25) is 0 Å². The second-order valence-corrected chi connectivity index (χ2v) is 9.30. The number of thioether (sulfide) groups is 1. The zero-order chi connectivity index (χ0) is 24.8. The molecule has 0 aliphatic carbocycles. The highest BCUT2D eigenvalue weighted by Crippen LogP contribution is 2.36. The highest BCUT2D eigenvalue weighted by Gasteiger charge is 2.18. The zero-order valence-corrected chi connectivity index (χ0v) is 21.2. The smallest absolute Gasteiger partial charge is 0.230 e. The summed E-state index contributed by atoms with van der Waals surface area (Å²) in [5, 5.41) is 3.84. The summed E-state index contributed by atoms with van der Waals surface area (Å²) in [4.78, 5) is 22.6. The molecule has 180 valence electrons. The fourth-order valence-corrected chi connectivity index (χ4v) is 4.64. The van der Waals surface area contributed by atoms with E-state index in [4.69, 9.17) is 19.5 Å². The Balaban J connectivity index is 1.49. The number of nitrogens with zero attached hydrogens (tertiary/aromatic N) is 2. The van der Waals surface area contributed by atoms with Crippen LogP contribution in [0.3, 0.4) is 0 Å². The first kappa shape index (κ1) is 24.5. The molecule has 0 saturated heterocycles. The molecule has 0 saturated carbocycles. The monoisotopic (exact) mass is 487 g/mol. The lowest BCUT2D eigenvalue weighted by atomic mass is 10.1. The molecular formula is C28H29N3O3S. The van der Waals surface area contributed by atoms with Gasteiger partial charge in [0.2, 0.25) is 5.91 Å². The maximum Gasteiger partial charge on any atom is 0.230 e. The molecule has 35 heavy (non-hydrogen) atoms. The highest BCUT2D eigenvalue weighted by molar-refractivity contribution is 8.14. The Bertz CT molecular complexity index is 1290. The number of carbonyl (C=O) groups is 1. The second-order valence-electron chi connectivity index (χ2n) is 8.25. The molecule has 0 atom stereocenters. The summed E-state index contributed by atoms with van der Waals surface area (Å²) in [6.07, 6.45) is 0.568. The normalized spacial score (nSPS) is 12.7. The number of para-hydroxylation sites is 1. The van der Waals surface area contributed by atoms with Crippen LogP contribution in [-0.4, -0.2) is 36.6 Å². The van der Waals surface area contributed by atoms with Crippen molar-refractivity contribution in [3.8, 4) is 11.5 Å². The number of amides is 1. The third kappa shape index (κ3) is 5.92. The van der Waals surface area contributed by atoms with Gasteiger partial charge in [-0.1, -0.05) is 42.5 Å². The average molecular weight is 488 g/mol. The number of hydrogen-bond donors (Lipinski definition) is 1. The molecule has 1 heterocycles. The standard InChI is InChI=1S/C28H29N3O3S/c1-18-13-23-24(14-19(18)2)31-27(15-22(30-23)20-9-6-5-7-10-20)35-17-26(32)29-16-21-11-8-12-25(33-3)28(21)34-4/h5-14H,15-17H2,1-4H3,(H,29,32). The van der Waals surface area contributed by atoms with Crippen molar-refractivity contribution >= 4 is 39.8 Å². The molecule has 4 rings (SSSR count). The Labute approximate surface area is 210 Å². The van der Waals surface area contributed by atoms with Gasteiger partial charge in [0.15, 0.2) is 11.5 Å². The summed E-state index contributed by atoms with van der Waals surface area (Å²) in [5.74, 6) is 1.44. The first-order chi connectivity index (χ1) is 17.0. The van der Waals surface area contributed by atoms with Crippen molar-refractivity contribution in [2.75, 3.05) is 20.0 Å². The van der Waals surface area contributed by atoms with Crippen LogP contribution >= 0.6 is 11.8 Å². The van der Waals surface area contributed by atoms with Gasteiger partial charge in [-0.05, 0) is 48.7 Å². The van der Waals surface area contributed by atoms with E-state index in [1.165, 1.54) is 22.9 Å². The Morgan fingerprint density at radius 1 is 0.943 bits per heavy atom. The molecule has 0 bridgehead atoms. The molecule has 1 N–H and O–H groups in total. The molecule has 1 aliphatic rings. The Kier molecular flexibility index (Phi) is 7.87. The van der Waals surface area contributed by atoms with Gasteiger partial charge in [-0.3, -0.25) is 9.79 Å². The minimum absolute atomic E-state index is 0.0784. The fourth-order valence-electron chi connectivity index (χ4n) is 3.83. The lowest BCUT2D eigenvalue weighted by molar-refractivity contribution is -0.118. The van der Waals surface area contributed by atoms with Crippen molar-refractivity contribution in [2.24, 2.45) is 9.98 Å². The molecule has 0 spiro atoms. The summed E-state index contributed by atoms with van der Waals surface area (Å²) < 4.78 is 10.8. The van der Waals surface area contributed by atoms with Gasteiger partial charge in [0, 0.05) is 18.5 Å². The van der Waals surface area contributed by atoms with Gasteiger partial charge in [0.1, 0.15) is 0 Å². The van der Waals surface area contributed by atoms with Gasteiger partial charge >= 0.3 is 0 Å². The number of aliphatic imine (C=N–C) groups is 2. The van der Waals surface area contributed by atoms with E-state index >= 15 is 0 Å². The Morgan fingerprint density at radius 3 is 2.34 bits per heavy atom. The summed E-state index contributed by atoms with van der Waals surface area (Å²) in [7, 11) is 3.19. The number of fused-ring (bicyclic) bond motifs is 1. The van der Waals surface area contributed by atoms with Gasteiger partial charge in [0.05, 0.1) is 42.1 Å². The zero-order valence-electron chi connectivity index (χ0n) is 20.4. The van der Waals surface area contributed by atoms with Gasteiger partial charge in [-0.2, -0.15) is 0 Å². The number of nitrogens with one attached hydrogen (secondary N) is 1. The highest BCUT2D eigenvalue weighted by atomic mass is 32.2. The quantitative estimate of drug-likeness (QED) is 0.449. The summed E-state index contributed by atoms with van der Waals surface area (Å²) in [5.41, 5.74) is 6.90. The predicted octanol–water partition coefficient (Wildman–Crippen LogP) is 5.92. The molecule has 7 heteroatoms. The van der Waals surface area contributed by atoms with E-state index in [0.717, 1.165) is 33.3 Å². The summed E-state index contributed by atoms with van der Waals surface area (Å²) in [6.45, 7) is 4.51. The first-order valence-corrected chi connectivity index (χ1v) is 12.4. The number of ether oxygens (including phenoxy) is 2. The third-order valence-electron chi connectivity index (χ3n) is 5.85. The average Bonchev–Trinajstić information content (AvgIpc) is 3.05. The summed E-state index contributed by atoms with van der Waals surface area (Å²) >= 11 is 1.44. The maximum absolute atomic E-state index is 12.7. The fraction of sp³-hybridized carbons (Fsp3) is 0.250. The maximum atomic E-state index is 12.7. The van der Waals surface area contributed by atoms with Gasteiger partial charge in [-0.15, -0.1) is 11.8 Å². The topological polar surface area (TPSA) is 72.3 Å². The molecule has 3 aromatic rings. The minimum Gasteiger partial charge on any atom is -0.493 e. The second kappa shape index (κ2) is 11.2. The summed E-state index contributed by atoms with van der Waals surface area (Å²) in [6, 6.07) is 19.9. The van der Waals surface area contributed by atoms with Crippen molar-refractivity contribution in [2.45, 2.75) is 26.8 Å². The SMILES string of the molecule is COc1cccc(CNC(=O)CSC2=Nc3cc(C)c(C)cc3N=C(c3ccccc3)C2)c1OC. The van der Waals surface area contributed by atoms with E-state index in [1.54, 1.807) is 14.2 Å². The van der Waals surface area contributed by atoms with Crippen LogP contribution in [-0.2, 0) is 11.3 Å². The molecule has 1 amide bonds. The number of benzene rings is 3. The number of hydrogen-bond acceptors (Lipinski definition) is 6. The number of aryl methyl sites for hydroxylation is 2. The van der Waals surface area contributed by atoms with E-state index in [9.17, 15) is 4.79 Å².